The fourth-order valence-electron chi connectivity index (χ4n) is 3.83. The van der Waals surface area contributed by atoms with Crippen LogP contribution in [-0.2, 0) is 0 Å². The van der Waals surface area contributed by atoms with Crippen molar-refractivity contribution < 1.29 is 4.79 Å². The maximum absolute atomic E-state index is 13.0. The topological polar surface area (TPSA) is 69.0 Å². The van der Waals surface area contributed by atoms with Gasteiger partial charge in [-0.2, -0.15) is 0 Å². The van der Waals surface area contributed by atoms with Crippen LogP contribution in [-0.4, -0.2) is 33.9 Å². The van der Waals surface area contributed by atoms with E-state index in [0.717, 1.165) is 34.5 Å². The van der Waals surface area contributed by atoms with Crippen LogP contribution in [0.5, 0.6) is 0 Å². The van der Waals surface area contributed by atoms with E-state index in [4.69, 9.17) is 11.6 Å². The number of benzene rings is 1. The Morgan fingerprint density at radius 2 is 1.88 bits per heavy atom. The van der Waals surface area contributed by atoms with Crippen LogP contribution in [0.15, 0.2) is 41.5 Å². The first-order valence-corrected chi connectivity index (χ1v) is 9.17. The fraction of sp³-hybridized carbons (Fsp3) is 0.300. The molecule has 4 rings (SSSR count). The molecule has 2 aromatic heterocycles. The third-order valence-electron chi connectivity index (χ3n) is 5.28. The minimum atomic E-state index is -0.235. The highest BCUT2D eigenvalue weighted by molar-refractivity contribution is 6.31. The highest BCUT2D eigenvalue weighted by atomic mass is 35.5. The van der Waals surface area contributed by atoms with Gasteiger partial charge < -0.3 is 14.9 Å². The maximum Gasteiger partial charge on any atom is 0.258 e. The number of rotatable bonds is 2. The molecule has 2 N–H and O–H groups in total. The van der Waals surface area contributed by atoms with Crippen molar-refractivity contribution >= 4 is 28.4 Å². The van der Waals surface area contributed by atoms with Gasteiger partial charge in [0.2, 0.25) is 0 Å². The summed E-state index contributed by atoms with van der Waals surface area (Å²) in [5.74, 6) is 0.270. The fourth-order valence-corrected chi connectivity index (χ4v) is 4.12. The third kappa shape index (κ3) is 2.82. The lowest BCUT2D eigenvalue weighted by molar-refractivity contribution is 0.0715. The maximum atomic E-state index is 13.0. The van der Waals surface area contributed by atoms with Gasteiger partial charge in [-0.05, 0) is 42.9 Å². The smallest absolute Gasteiger partial charge is 0.258 e. The van der Waals surface area contributed by atoms with Gasteiger partial charge in [0.1, 0.15) is 0 Å². The Balaban J connectivity index is 1.56. The Hall–Kier alpha value is -2.53. The quantitative estimate of drug-likeness (QED) is 0.720. The van der Waals surface area contributed by atoms with Crippen molar-refractivity contribution in [1.82, 2.24) is 14.9 Å². The molecule has 1 aliphatic heterocycles. The second-order valence-electron chi connectivity index (χ2n) is 6.84. The molecule has 1 aliphatic rings. The largest absolute Gasteiger partial charge is 0.360 e. The second-order valence-corrected chi connectivity index (χ2v) is 7.25. The van der Waals surface area contributed by atoms with Gasteiger partial charge in [0.15, 0.2) is 0 Å². The van der Waals surface area contributed by atoms with E-state index in [0.29, 0.717) is 30.0 Å². The summed E-state index contributed by atoms with van der Waals surface area (Å²) in [6.07, 6.45) is 5.04. The molecule has 0 aliphatic carbocycles. The third-order valence-corrected chi connectivity index (χ3v) is 5.62. The zero-order valence-electron chi connectivity index (χ0n) is 14.5. The first-order valence-electron chi connectivity index (χ1n) is 8.79. The van der Waals surface area contributed by atoms with Crippen LogP contribution in [0.1, 0.15) is 40.2 Å². The van der Waals surface area contributed by atoms with E-state index in [-0.39, 0.29) is 11.5 Å². The van der Waals surface area contributed by atoms with E-state index >= 15 is 0 Å². The highest BCUT2D eigenvalue weighted by Gasteiger charge is 2.27. The summed E-state index contributed by atoms with van der Waals surface area (Å²) in [5.41, 5.74) is 3.00. The Morgan fingerprint density at radius 1 is 1.15 bits per heavy atom. The predicted molar refractivity (Wildman–Crippen MR) is 103 cm³/mol. The second kappa shape index (κ2) is 6.65. The van der Waals surface area contributed by atoms with Crippen LogP contribution in [0.25, 0.3) is 10.9 Å². The van der Waals surface area contributed by atoms with Crippen LogP contribution in [0.4, 0.5) is 0 Å². The van der Waals surface area contributed by atoms with Crippen LogP contribution in [0.3, 0.4) is 0 Å². The molecule has 0 atom stereocenters. The zero-order valence-corrected chi connectivity index (χ0v) is 15.3. The molecule has 0 radical (unpaired) electrons. The summed E-state index contributed by atoms with van der Waals surface area (Å²) >= 11 is 6.31. The molecule has 0 spiro atoms. The number of amides is 1. The van der Waals surface area contributed by atoms with Gasteiger partial charge in [-0.1, -0.05) is 29.8 Å². The van der Waals surface area contributed by atoms with Gasteiger partial charge in [0.05, 0.1) is 16.5 Å². The number of nitrogens with one attached hydrogen (secondary N) is 2. The molecular formula is C20H20ClN3O2. The molecule has 5 nitrogen and oxygen atoms in total. The number of H-pyrrole nitrogens is 2. The lowest BCUT2D eigenvalue weighted by Crippen LogP contribution is -2.38. The number of hydrogen-bond acceptors (Lipinski definition) is 2. The van der Waals surface area contributed by atoms with Gasteiger partial charge in [0.25, 0.3) is 11.5 Å². The minimum Gasteiger partial charge on any atom is -0.360 e. The normalized spacial score (nSPS) is 15.5. The van der Waals surface area contributed by atoms with E-state index in [1.165, 1.54) is 0 Å². The molecule has 3 aromatic rings. The Labute approximate surface area is 156 Å². The van der Waals surface area contributed by atoms with Gasteiger partial charge in [-0.15, -0.1) is 0 Å². The number of aromatic amines is 2. The molecule has 1 amide bonds. The monoisotopic (exact) mass is 369 g/mol. The zero-order chi connectivity index (χ0) is 18.3. The summed E-state index contributed by atoms with van der Waals surface area (Å²) in [6.45, 7) is 3.22. The predicted octanol–water partition coefficient (Wildman–Crippen LogP) is 3.84. The van der Waals surface area contributed by atoms with E-state index < -0.39 is 0 Å². The van der Waals surface area contributed by atoms with E-state index in [9.17, 15) is 9.59 Å². The lowest BCUT2D eigenvalue weighted by Gasteiger charge is -2.32. The SMILES string of the molecule is Cc1c[nH]c(=O)c2c(C(=O)N3CCC(c4ccccc4Cl)CC3)c[nH]c12. The number of hydrogen-bond donors (Lipinski definition) is 2. The number of pyridine rings is 1. The lowest BCUT2D eigenvalue weighted by atomic mass is 9.89. The average Bonchev–Trinajstić information content (AvgIpc) is 3.11. The van der Waals surface area contributed by atoms with Crippen molar-refractivity contribution in [3.8, 4) is 0 Å². The molecule has 1 aromatic carbocycles. The number of carbonyl (C=O) groups excluding carboxylic acids is 1. The Bertz CT molecular complexity index is 1030. The number of piperidine rings is 1. The summed E-state index contributed by atoms with van der Waals surface area (Å²) in [7, 11) is 0. The summed E-state index contributed by atoms with van der Waals surface area (Å²) in [6, 6.07) is 7.90. The Kier molecular flexibility index (Phi) is 4.32. The number of fused-ring (bicyclic) bond motifs is 1. The van der Waals surface area contributed by atoms with Crippen molar-refractivity contribution in [3.63, 3.8) is 0 Å². The first-order chi connectivity index (χ1) is 12.6. The summed E-state index contributed by atoms with van der Waals surface area (Å²) in [5, 5.41) is 1.24. The van der Waals surface area contributed by atoms with E-state index in [1.807, 2.05) is 30.0 Å². The van der Waals surface area contributed by atoms with Gasteiger partial charge >= 0.3 is 0 Å². The van der Waals surface area contributed by atoms with Crippen molar-refractivity contribution in [3.05, 3.63) is 68.7 Å². The summed E-state index contributed by atoms with van der Waals surface area (Å²) in [4.78, 5) is 32.8. The van der Waals surface area contributed by atoms with Gasteiger partial charge in [0, 0.05) is 30.5 Å². The molecule has 6 heteroatoms. The summed E-state index contributed by atoms with van der Waals surface area (Å²) < 4.78 is 0. The number of aryl methyl sites for hydroxylation is 1. The molecular weight excluding hydrogens is 350 g/mol. The van der Waals surface area contributed by atoms with Crippen LogP contribution < -0.4 is 5.56 Å². The van der Waals surface area contributed by atoms with Gasteiger partial charge in [-0.3, -0.25) is 9.59 Å². The van der Waals surface area contributed by atoms with E-state index in [1.54, 1.807) is 12.4 Å². The molecule has 1 fully saturated rings. The molecule has 1 saturated heterocycles. The number of likely N-dealkylation sites (tertiary alicyclic amines) is 1. The van der Waals surface area contributed by atoms with Crippen LogP contribution >= 0.6 is 11.6 Å². The van der Waals surface area contributed by atoms with E-state index in [2.05, 4.69) is 16.0 Å². The molecule has 0 unspecified atom stereocenters. The number of halogens is 1. The average molecular weight is 370 g/mol. The van der Waals surface area contributed by atoms with Crippen molar-refractivity contribution in [2.24, 2.45) is 0 Å². The molecule has 0 bridgehead atoms. The molecule has 134 valence electrons. The van der Waals surface area contributed by atoms with Crippen LogP contribution in [0.2, 0.25) is 5.02 Å². The number of aromatic nitrogens is 2. The molecule has 26 heavy (non-hydrogen) atoms. The highest BCUT2D eigenvalue weighted by Crippen LogP contribution is 2.33. The number of carbonyl (C=O) groups is 1. The standard InChI is InChI=1S/C20H20ClN3O2/c1-12-10-23-19(25)17-15(11-22-18(12)17)20(26)24-8-6-13(7-9-24)14-4-2-3-5-16(14)21/h2-5,10-11,13,22H,6-9H2,1H3,(H,23,25). The van der Waals surface area contributed by atoms with Crippen molar-refractivity contribution in [2.45, 2.75) is 25.7 Å². The van der Waals surface area contributed by atoms with Gasteiger partial charge in [-0.25, -0.2) is 0 Å². The Morgan fingerprint density at radius 3 is 2.62 bits per heavy atom. The van der Waals surface area contributed by atoms with Crippen LogP contribution in [0, 0.1) is 6.92 Å². The van der Waals surface area contributed by atoms with Crippen molar-refractivity contribution in [1.29, 1.82) is 0 Å². The molecule has 0 saturated carbocycles. The molecule has 3 heterocycles. The number of nitrogens with zero attached hydrogens (tertiary/aromatic N) is 1. The van der Waals surface area contributed by atoms with Crippen molar-refractivity contribution in [2.75, 3.05) is 13.1 Å². The first kappa shape index (κ1) is 16.9. The minimum absolute atomic E-state index is 0.0926.